The predicted octanol–water partition coefficient (Wildman–Crippen LogP) is 5.48. The smallest absolute Gasteiger partial charge is 0.260 e. The number of thiazole rings is 1. The number of hydrogen-bond acceptors (Lipinski definition) is 7. The second kappa shape index (κ2) is 12.6. The van der Waals surface area contributed by atoms with Crippen molar-refractivity contribution in [3.05, 3.63) is 42.0 Å². The highest BCUT2D eigenvalue weighted by atomic mass is 32.1. The molecule has 0 spiro atoms. The number of methoxy groups -OCH3 is 2. The van der Waals surface area contributed by atoms with E-state index in [2.05, 4.69) is 25.7 Å². The maximum Gasteiger partial charge on any atom is 0.260 e. The SMILES string of the molecule is CCCCOc1ccc(C(=O)N(CCN(CC)CC)c2nc3cc(OC)c(OC)cc3s2)cc1. The van der Waals surface area contributed by atoms with Crippen LogP contribution >= 0.6 is 11.3 Å². The molecule has 0 saturated carbocycles. The van der Waals surface area contributed by atoms with Crippen molar-refractivity contribution in [2.45, 2.75) is 33.6 Å². The van der Waals surface area contributed by atoms with Crippen LogP contribution in [0.2, 0.25) is 0 Å². The Morgan fingerprint density at radius 2 is 1.65 bits per heavy atom. The van der Waals surface area contributed by atoms with E-state index in [4.69, 9.17) is 19.2 Å². The molecule has 0 atom stereocenters. The first-order valence-electron chi connectivity index (χ1n) is 11.8. The topological polar surface area (TPSA) is 64.1 Å². The molecule has 1 amide bonds. The van der Waals surface area contributed by atoms with Crippen molar-refractivity contribution in [2.75, 3.05) is 51.9 Å². The Hall–Kier alpha value is -2.84. The summed E-state index contributed by atoms with van der Waals surface area (Å²) in [5.74, 6) is 1.96. The van der Waals surface area contributed by atoms with Crippen LogP contribution in [-0.2, 0) is 0 Å². The van der Waals surface area contributed by atoms with Crippen LogP contribution in [0.5, 0.6) is 17.2 Å². The standard InChI is InChI=1S/C26H35N3O4S/c1-6-9-16-33-20-12-10-19(11-13-20)25(30)29(15-14-28(7-2)8-3)26-27-21-17-22(31-4)23(32-5)18-24(21)34-26/h10-13,17-18H,6-9,14-16H2,1-5H3. The maximum atomic E-state index is 13.6. The molecular formula is C26H35N3O4S. The third kappa shape index (κ3) is 6.18. The van der Waals surface area contributed by atoms with Crippen LogP contribution in [0.4, 0.5) is 5.13 Å². The van der Waals surface area contributed by atoms with Gasteiger partial charge in [-0.2, -0.15) is 0 Å². The van der Waals surface area contributed by atoms with Gasteiger partial charge in [0.05, 0.1) is 31.0 Å². The van der Waals surface area contributed by atoms with E-state index in [9.17, 15) is 4.79 Å². The molecule has 0 bridgehead atoms. The van der Waals surface area contributed by atoms with Gasteiger partial charge in [-0.15, -0.1) is 0 Å². The van der Waals surface area contributed by atoms with Crippen LogP contribution in [0.1, 0.15) is 44.0 Å². The summed E-state index contributed by atoms with van der Waals surface area (Å²) in [5, 5.41) is 0.658. The molecule has 7 nitrogen and oxygen atoms in total. The number of anilines is 1. The first-order chi connectivity index (χ1) is 16.5. The monoisotopic (exact) mass is 485 g/mol. The second-order valence-electron chi connectivity index (χ2n) is 7.88. The molecule has 1 aromatic heterocycles. The molecule has 0 radical (unpaired) electrons. The van der Waals surface area contributed by atoms with Gasteiger partial charge in [0.1, 0.15) is 5.75 Å². The molecular weight excluding hydrogens is 450 g/mol. The van der Waals surface area contributed by atoms with E-state index in [1.807, 2.05) is 36.4 Å². The van der Waals surface area contributed by atoms with Gasteiger partial charge in [-0.05, 0) is 43.8 Å². The summed E-state index contributed by atoms with van der Waals surface area (Å²) in [6.07, 6.45) is 2.09. The summed E-state index contributed by atoms with van der Waals surface area (Å²) < 4.78 is 17.6. The van der Waals surface area contributed by atoms with Gasteiger partial charge in [-0.1, -0.05) is 38.5 Å². The first kappa shape index (κ1) is 25.8. The summed E-state index contributed by atoms with van der Waals surface area (Å²) in [6, 6.07) is 11.1. The number of carbonyl (C=O) groups excluding carboxylic acids is 1. The Morgan fingerprint density at radius 3 is 2.26 bits per heavy atom. The average molecular weight is 486 g/mol. The molecule has 3 aromatic rings. The minimum atomic E-state index is -0.0785. The second-order valence-corrected chi connectivity index (χ2v) is 8.89. The van der Waals surface area contributed by atoms with Gasteiger partial charge in [-0.25, -0.2) is 4.98 Å². The molecule has 2 aromatic carbocycles. The lowest BCUT2D eigenvalue weighted by Gasteiger charge is -2.24. The van der Waals surface area contributed by atoms with E-state index in [0.29, 0.717) is 35.3 Å². The third-order valence-electron chi connectivity index (χ3n) is 5.76. The minimum absolute atomic E-state index is 0.0785. The molecule has 8 heteroatoms. The number of amides is 1. The fourth-order valence-corrected chi connectivity index (χ4v) is 4.61. The highest BCUT2D eigenvalue weighted by Gasteiger charge is 2.23. The number of rotatable bonds is 13. The predicted molar refractivity (Wildman–Crippen MR) is 139 cm³/mol. The molecule has 184 valence electrons. The van der Waals surface area contributed by atoms with E-state index < -0.39 is 0 Å². The van der Waals surface area contributed by atoms with Crippen molar-refractivity contribution in [1.82, 2.24) is 9.88 Å². The van der Waals surface area contributed by atoms with Crippen molar-refractivity contribution >= 4 is 32.6 Å². The highest BCUT2D eigenvalue weighted by Crippen LogP contribution is 2.37. The van der Waals surface area contributed by atoms with Crippen molar-refractivity contribution in [3.8, 4) is 17.2 Å². The zero-order valence-corrected chi connectivity index (χ0v) is 21.6. The molecule has 0 aliphatic carbocycles. The lowest BCUT2D eigenvalue weighted by atomic mass is 10.2. The van der Waals surface area contributed by atoms with Gasteiger partial charge >= 0.3 is 0 Å². The summed E-state index contributed by atoms with van der Waals surface area (Å²) in [4.78, 5) is 22.5. The number of unbranched alkanes of at least 4 members (excludes halogenated alkanes) is 1. The van der Waals surface area contributed by atoms with Gasteiger partial charge in [-0.3, -0.25) is 9.69 Å². The van der Waals surface area contributed by atoms with Gasteiger partial charge in [0.15, 0.2) is 16.6 Å². The third-order valence-corrected chi connectivity index (χ3v) is 6.80. The van der Waals surface area contributed by atoms with Crippen LogP contribution in [-0.4, -0.2) is 62.8 Å². The summed E-state index contributed by atoms with van der Waals surface area (Å²) >= 11 is 1.48. The first-order valence-corrected chi connectivity index (χ1v) is 12.7. The average Bonchev–Trinajstić information content (AvgIpc) is 3.28. The normalized spacial score (nSPS) is 11.1. The van der Waals surface area contributed by atoms with Gasteiger partial charge in [0.2, 0.25) is 0 Å². The zero-order chi connectivity index (χ0) is 24.5. The van der Waals surface area contributed by atoms with Gasteiger partial charge in [0, 0.05) is 30.8 Å². The fraction of sp³-hybridized carbons (Fsp3) is 0.462. The molecule has 0 saturated heterocycles. The molecule has 3 rings (SSSR count). The van der Waals surface area contributed by atoms with E-state index in [1.165, 1.54) is 11.3 Å². The molecule has 1 heterocycles. The number of fused-ring (bicyclic) bond motifs is 1. The Balaban J connectivity index is 1.91. The van der Waals surface area contributed by atoms with Crippen molar-refractivity contribution in [2.24, 2.45) is 0 Å². The van der Waals surface area contributed by atoms with Crippen molar-refractivity contribution in [3.63, 3.8) is 0 Å². The lowest BCUT2D eigenvalue weighted by molar-refractivity contribution is 0.0983. The van der Waals surface area contributed by atoms with E-state index >= 15 is 0 Å². The van der Waals surface area contributed by atoms with E-state index in [0.717, 1.165) is 48.4 Å². The van der Waals surface area contributed by atoms with Crippen LogP contribution in [0.25, 0.3) is 10.2 Å². The fourth-order valence-electron chi connectivity index (χ4n) is 3.61. The highest BCUT2D eigenvalue weighted by molar-refractivity contribution is 7.22. The Bertz CT molecular complexity index is 1020. The largest absolute Gasteiger partial charge is 0.494 e. The number of benzene rings is 2. The Morgan fingerprint density at radius 1 is 0.971 bits per heavy atom. The summed E-state index contributed by atoms with van der Waals surface area (Å²) in [7, 11) is 3.22. The number of hydrogen-bond donors (Lipinski definition) is 0. The van der Waals surface area contributed by atoms with E-state index in [-0.39, 0.29) is 5.91 Å². The van der Waals surface area contributed by atoms with E-state index in [1.54, 1.807) is 19.1 Å². The molecule has 0 aliphatic rings. The summed E-state index contributed by atoms with van der Waals surface area (Å²) in [6.45, 7) is 10.2. The molecule has 34 heavy (non-hydrogen) atoms. The maximum absolute atomic E-state index is 13.6. The summed E-state index contributed by atoms with van der Waals surface area (Å²) in [5.41, 5.74) is 1.38. The van der Waals surface area contributed by atoms with Crippen LogP contribution in [0.3, 0.4) is 0 Å². The van der Waals surface area contributed by atoms with Gasteiger partial charge < -0.3 is 19.1 Å². The number of nitrogens with zero attached hydrogens (tertiary/aromatic N) is 3. The van der Waals surface area contributed by atoms with Crippen LogP contribution in [0.15, 0.2) is 36.4 Å². The number of likely N-dealkylation sites (N-methyl/N-ethyl adjacent to an activating group) is 1. The van der Waals surface area contributed by atoms with Crippen molar-refractivity contribution in [1.29, 1.82) is 0 Å². The number of ether oxygens (including phenoxy) is 3. The number of carbonyl (C=O) groups is 1. The molecule has 0 N–H and O–H groups in total. The van der Waals surface area contributed by atoms with Crippen LogP contribution < -0.4 is 19.1 Å². The Kier molecular flexibility index (Phi) is 9.53. The lowest BCUT2D eigenvalue weighted by Crippen LogP contribution is -2.38. The quantitative estimate of drug-likeness (QED) is 0.299. The van der Waals surface area contributed by atoms with Gasteiger partial charge in [0.25, 0.3) is 5.91 Å². The zero-order valence-electron chi connectivity index (χ0n) is 20.8. The minimum Gasteiger partial charge on any atom is -0.494 e. The number of aromatic nitrogens is 1. The van der Waals surface area contributed by atoms with Crippen LogP contribution in [0, 0.1) is 0 Å². The molecule has 0 aliphatic heterocycles. The molecule has 0 fully saturated rings. The Labute approximate surface area is 206 Å². The molecule has 0 unspecified atom stereocenters. The van der Waals surface area contributed by atoms with Crippen molar-refractivity contribution < 1.29 is 19.0 Å².